The van der Waals surface area contributed by atoms with Crippen LogP contribution in [0.1, 0.15) is 41.9 Å². The van der Waals surface area contributed by atoms with Crippen molar-refractivity contribution in [1.82, 2.24) is 4.90 Å². The molecule has 0 saturated carbocycles. The van der Waals surface area contributed by atoms with E-state index in [1.807, 2.05) is 60.7 Å². The van der Waals surface area contributed by atoms with Crippen LogP contribution in [0.3, 0.4) is 0 Å². The van der Waals surface area contributed by atoms with E-state index in [9.17, 15) is 9.59 Å². The zero-order chi connectivity index (χ0) is 23.5. The first-order valence-corrected chi connectivity index (χ1v) is 12.2. The first kappa shape index (κ1) is 22.2. The second-order valence-electron chi connectivity index (χ2n) is 9.33. The van der Waals surface area contributed by atoms with Gasteiger partial charge in [0.25, 0.3) is 0 Å². The number of fused-ring (bicyclic) bond motifs is 1. The Bertz CT molecular complexity index is 1110. The zero-order valence-electron chi connectivity index (χ0n) is 19.3. The minimum Gasteiger partial charge on any atom is -0.368 e. The largest absolute Gasteiger partial charge is 0.368 e. The van der Waals surface area contributed by atoms with E-state index in [-0.39, 0.29) is 11.9 Å². The Hall–Kier alpha value is -3.60. The molecule has 2 aliphatic rings. The second-order valence-corrected chi connectivity index (χ2v) is 9.33. The average molecular weight is 454 g/mol. The van der Waals surface area contributed by atoms with E-state index in [1.54, 1.807) is 4.90 Å². The molecule has 2 N–H and O–H groups in total. The normalized spacial score (nSPS) is 20.1. The predicted molar refractivity (Wildman–Crippen MR) is 135 cm³/mol. The minimum absolute atomic E-state index is 0.0629. The highest BCUT2D eigenvalue weighted by molar-refractivity contribution is 5.92. The summed E-state index contributed by atoms with van der Waals surface area (Å²) in [5, 5.41) is 0. The summed E-state index contributed by atoms with van der Waals surface area (Å²) in [7, 11) is 0. The van der Waals surface area contributed by atoms with Gasteiger partial charge in [-0.1, -0.05) is 78.9 Å². The van der Waals surface area contributed by atoms with Gasteiger partial charge in [0, 0.05) is 24.8 Å². The van der Waals surface area contributed by atoms with E-state index in [0.717, 1.165) is 36.9 Å². The van der Waals surface area contributed by atoms with Gasteiger partial charge < -0.3 is 15.5 Å². The van der Waals surface area contributed by atoms with E-state index in [1.165, 1.54) is 11.3 Å². The van der Waals surface area contributed by atoms with Gasteiger partial charge in [-0.3, -0.25) is 9.59 Å². The molecule has 1 fully saturated rings. The van der Waals surface area contributed by atoms with Gasteiger partial charge in [0.15, 0.2) is 0 Å². The number of carbonyl (C=O) groups excluding carboxylic acids is 2. The molecule has 3 aromatic rings. The van der Waals surface area contributed by atoms with Crippen LogP contribution in [-0.4, -0.2) is 41.9 Å². The van der Waals surface area contributed by atoms with Gasteiger partial charge >= 0.3 is 0 Å². The Kier molecular flexibility index (Phi) is 6.35. The number of amides is 2. The summed E-state index contributed by atoms with van der Waals surface area (Å²) in [6, 6.07) is 27.6. The third-order valence-corrected chi connectivity index (χ3v) is 7.24. The molecule has 5 rings (SSSR count). The topological polar surface area (TPSA) is 66.6 Å². The number of carbonyl (C=O) groups is 2. The Balaban J connectivity index is 1.49. The van der Waals surface area contributed by atoms with Crippen LogP contribution in [0.25, 0.3) is 0 Å². The maximum absolute atomic E-state index is 14.1. The van der Waals surface area contributed by atoms with Crippen molar-refractivity contribution in [2.24, 2.45) is 5.73 Å². The monoisotopic (exact) mass is 453 g/mol. The fourth-order valence-electron chi connectivity index (χ4n) is 5.59. The summed E-state index contributed by atoms with van der Waals surface area (Å²) in [4.78, 5) is 30.8. The number of nitrogens with two attached hydrogens (primary N) is 1. The number of para-hydroxylation sites is 1. The van der Waals surface area contributed by atoms with Crippen LogP contribution in [-0.2, 0) is 16.0 Å². The second kappa shape index (κ2) is 9.72. The van der Waals surface area contributed by atoms with Gasteiger partial charge in [-0.05, 0) is 48.4 Å². The molecule has 1 saturated heterocycles. The van der Waals surface area contributed by atoms with Crippen molar-refractivity contribution >= 4 is 17.5 Å². The van der Waals surface area contributed by atoms with Crippen LogP contribution in [0.15, 0.2) is 84.9 Å². The van der Waals surface area contributed by atoms with Crippen molar-refractivity contribution < 1.29 is 9.59 Å². The van der Waals surface area contributed by atoms with Gasteiger partial charge in [-0.15, -0.1) is 0 Å². The van der Waals surface area contributed by atoms with Crippen LogP contribution in [0, 0.1) is 0 Å². The van der Waals surface area contributed by atoms with Gasteiger partial charge in [0.1, 0.15) is 6.04 Å². The first-order chi connectivity index (χ1) is 16.6. The fraction of sp³-hybridized carbons (Fsp3) is 0.310. The molecule has 2 aliphatic heterocycles. The number of aryl methyl sites for hydroxylation is 1. The summed E-state index contributed by atoms with van der Waals surface area (Å²) in [5.41, 5.74) is 10.3. The molecule has 2 atom stereocenters. The number of anilines is 1. The summed E-state index contributed by atoms with van der Waals surface area (Å²) in [5.74, 6) is -0.968. The highest BCUT2D eigenvalue weighted by Gasteiger charge is 2.43. The van der Waals surface area contributed by atoms with Gasteiger partial charge in [-0.2, -0.15) is 0 Å². The third-order valence-electron chi connectivity index (χ3n) is 7.24. The van der Waals surface area contributed by atoms with Crippen LogP contribution in [0.4, 0.5) is 5.69 Å². The lowest BCUT2D eigenvalue weighted by Crippen LogP contribution is -2.46. The van der Waals surface area contributed by atoms with E-state index < -0.39 is 17.9 Å². The van der Waals surface area contributed by atoms with E-state index >= 15 is 0 Å². The molecule has 5 heteroatoms. The molecule has 3 aromatic carbocycles. The number of rotatable bonds is 5. The van der Waals surface area contributed by atoms with Gasteiger partial charge in [-0.25, -0.2) is 0 Å². The average Bonchev–Trinajstić information content (AvgIpc) is 3.21. The first-order valence-electron chi connectivity index (χ1n) is 12.2. The van der Waals surface area contributed by atoms with Gasteiger partial charge in [0.05, 0.1) is 5.92 Å². The van der Waals surface area contributed by atoms with E-state index in [0.29, 0.717) is 13.0 Å². The van der Waals surface area contributed by atoms with Crippen LogP contribution in [0.5, 0.6) is 0 Å². The Labute approximate surface area is 201 Å². The molecule has 0 aliphatic carbocycles. The zero-order valence-corrected chi connectivity index (χ0v) is 19.3. The van der Waals surface area contributed by atoms with Crippen molar-refractivity contribution in [2.45, 2.75) is 43.7 Å². The fourth-order valence-corrected chi connectivity index (χ4v) is 5.59. The summed E-state index contributed by atoms with van der Waals surface area (Å²) in [6.45, 7) is 1.42. The molecule has 0 radical (unpaired) electrons. The van der Waals surface area contributed by atoms with Gasteiger partial charge in [0.2, 0.25) is 11.8 Å². The molecule has 174 valence electrons. The number of primary amides is 1. The summed E-state index contributed by atoms with van der Waals surface area (Å²) < 4.78 is 0. The lowest BCUT2D eigenvalue weighted by Gasteiger charge is -2.32. The predicted octanol–water partition coefficient (Wildman–Crippen LogP) is 4.12. The highest BCUT2D eigenvalue weighted by Crippen LogP contribution is 2.35. The molecule has 2 amide bonds. The molecule has 2 heterocycles. The summed E-state index contributed by atoms with van der Waals surface area (Å²) >= 11 is 0. The molecule has 0 spiro atoms. The lowest BCUT2D eigenvalue weighted by molar-refractivity contribution is -0.137. The number of nitrogens with zero attached hydrogens (tertiary/aromatic N) is 2. The smallest absolute Gasteiger partial charge is 0.240 e. The van der Waals surface area contributed by atoms with Crippen molar-refractivity contribution in [3.63, 3.8) is 0 Å². The molecule has 0 aromatic heterocycles. The quantitative estimate of drug-likeness (QED) is 0.632. The van der Waals surface area contributed by atoms with Crippen molar-refractivity contribution in [3.8, 4) is 0 Å². The maximum Gasteiger partial charge on any atom is 0.240 e. The molecule has 0 unspecified atom stereocenters. The van der Waals surface area contributed by atoms with Crippen molar-refractivity contribution in [1.29, 1.82) is 0 Å². The molecular weight excluding hydrogens is 422 g/mol. The SMILES string of the molecule is NC(=O)[C@@H]1C[C@H](N2CCCCc3ccccc32)CN1C(=O)C(c1ccccc1)c1ccccc1. The van der Waals surface area contributed by atoms with Crippen molar-refractivity contribution in [3.05, 3.63) is 102 Å². The number of hydrogen-bond donors (Lipinski definition) is 1. The van der Waals surface area contributed by atoms with Crippen LogP contribution < -0.4 is 10.6 Å². The molecule has 34 heavy (non-hydrogen) atoms. The highest BCUT2D eigenvalue weighted by atomic mass is 16.2. The maximum atomic E-state index is 14.1. The molecule has 0 bridgehead atoms. The van der Waals surface area contributed by atoms with Crippen LogP contribution >= 0.6 is 0 Å². The number of likely N-dealkylation sites (tertiary alicyclic amines) is 1. The minimum atomic E-state index is -0.608. The lowest BCUT2D eigenvalue weighted by atomic mass is 9.90. The Morgan fingerprint density at radius 3 is 2.09 bits per heavy atom. The molecule has 5 nitrogen and oxygen atoms in total. The standard InChI is InChI=1S/C29H31N3O2/c30-28(33)26-19-24(31-18-10-9-12-21-11-7-8-17-25(21)31)20-32(26)29(34)27(22-13-3-1-4-14-22)23-15-5-2-6-16-23/h1-8,11,13-17,24,26-27H,9-10,12,18-20H2,(H2,30,33)/t24-,26-/m0/s1. The molecular formula is C29H31N3O2. The van der Waals surface area contributed by atoms with E-state index in [4.69, 9.17) is 5.73 Å². The number of hydrogen-bond acceptors (Lipinski definition) is 3. The number of benzene rings is 3. The Morgan fingerprint density at radius 1 is 0.824 bits per heavy atom. The van der Waals surface area contributed by atoms with Crippen LogP contribution in [0.2, 0.25) is 0 Å². The van der Waals surface area contributed by atoms with E-state index in [2.05, 4.69) is 29.2 Å². The summed E-state index contributed by atoms with van der Waals surface area (Å²) in [6.07, 6.45) is 3.86. The Morgan fingerprint density at radius 2 is 1.44 bits per heavy atom. The third kappa shape index (κ3) is 4.30. The van der Waals surface area contributed by atoms with Crippen molar-refractivity contribution in [2.75, 3.05) is 18.0 Å².